The molecular weight excluding hydrogens is 1910 g/mol. The van der Waals surface area contributed by atoms with Crippen LogP contribution in [-0.2, 0) is 72.6 Å². The number of nitrogens with one attached hydrogen (secondary N) is 6. The summed E-state index contributed by atoms with van der Waals surface area (Å²) in [5, 5.41) is 97.0. The molecule has 0 unspecified atom stereocenters. The van der Waals surface area contributed by atoms with Crippen LogP contribution in [-0.4, -0.2) is 168 Å². The summed E-state index contributed by atoms with van der Waals surface area (Å²) in [6.07, 6.45) is 0. The number of phenolic OH excluding ortho intramolecular Hbond substituents is 1. The summed E-state index contributed by atoms with van der Waals surface area (Å²) >= 11 is 0.768. The Bertz CT molecular complexity index is 7980. The zero-order valence-corrected chi connectivity index (χ0v) is 73.0. The molecule has 16 N–H and O–H groups in total. The maximum Gasteiger partial charge on any atom is 0.335 e. The van der Waals surface area contributed by atoms with Crippen LogP contribution in [0.4, 0.5) is 57.9 Å². The van der Waals surface area contributed by atoms with Gasteiger partial charge in [0.05, 0.1) is 135 Å². The molecule has 10 aromatic carbocycles. The minimum Gasteiger partial charge on any atom is -0.508 e. The topological polar surface area (TPSA) is 692 Å². The fourth-order valence-corrected chi connectivity index (χ4v) is 18.2. The monoisotopic (exact) mass is 1970 g/mol. The minimum absolute atomic E-state index is 0.00286. The molecule has 14 aromatic rings. The molecule has 0 amide bonds. The van der Waals surface area contributed by atoms with Crippen molar-refractivity contribution < 1.29 is 146 Å². The van der Waals surface area contributed by atoms with Crippen molar-refractivity contribution in [3.05, 3.63) is 264 Å². The molecule has 0 radical (unpaired) electrons. The van der Waals surface area contributed by atoms with Gasteiger partial charge >= 0.3 is 29.9 Å². The van der Waals surface area contributed by atoms with Gasteiger partial charge in [-0.3, -0.25) is 42.4 Å². The van der Waals surface area contributed by atoms with E-state index in [0.717, 1.165) is 88.0 Å². The minimum atomic E-state index is -5.46. The number of aromatic carboxylic acids is 3. The molecule has 0 atom stereocenters. The van der Waals surface area contributed by atoms with E-state index in [1.165, 1.54) is 111 Å². The van der Waals surface area contributed by atoms with E-state index in [1.807, 2.05) is 0 Å². The first-order valence-electron chi connectivity index (χ1n) is 38.2. The molecule has 0 saturated heterocycles. The van der Waals surface area contributed by atoms with Crippen LogP contribution < -0.4 is 52.5 Å². The quantitative estimate of drug-likeness (QED) is 0.00433. The van der Waals surface area contributed by atoms with Gasteiger partial charge in [0.2, 0.25) is 23.8 Å². The fourth-order valence-electron chi connectivity index (χ4n) is 14.8. The molecule has 0 fully saturated rings. The van der Waals surface area contributed by atoms with Gasteiger partial charge in [-0.1, -0.05) is 87.9 Å². The van der Waals surface area contributed by atoms with Gasteiger partial charge in [0.25, 0.3) is 41.5 Å². The number of aryl methyl sites for hydroxylation is 2. The number of aromatic nitrogens is 8. The average Bonchev–Trinajstić information content (AvgIpc) is 0.708. The van der Waals surface area contributed by atoms with Gasteiger partial charge in [-0.2, -0.15) is 55.2 Å². The van der Waals surface area contributed by atoms with Gasteiger partial charge < -0.3 is 70.9 Å². The first kappa shape index (κ1) is 93.6. The third-order valence-corrected chi connectivity index (χ3v) is 25.0. The van der Waals surface area contributed by atoms with Crippen molar-refractivity contribution >= 4 is 187 Å². The molecule has 0 bridgehead atoms. The largest absolute Gasteiger partial charge is 0.508 e. The number of pyridine rings is 2. The third-order valence-electron chi connectivity index (χ3n) is 20.5. The number of anilines is 10. The number of ether oxygens (including phenoxy) is 2. The van der Waals surface area contributed by atoms with Crippen molar-refractivity contribution in [2.45, 2.75) is 29.4 Å². The number of phenols is 1. The Morgan fingerprint density at radius 1 is 0.390 bits per heavy atom. The molecule has 2 aliphatic carbocycles. The summed E-state index contributed by atoms with van der Waals surface area (Å²) in [6.45, 7) is -0.813. The SMILES string of the molecule is Cn1c(=O)c(C(=O)c2cccc(SOOO)c2)c2c3c(c(Nc4cc(Nc5nc(NCCNc6nc(Nc7cc(Nc8ccc9c%10c8C(=O)c8ccccc8-c%10c(C(=O)c8cccc(S(=O)(=O)O)c8)c(=O)n9C)c(S(=O)(=O)O)cc7SOOO)nc(Oc7cc(C(=O)O)cc(C(=O)O)c7)n6)nc(Oc6cc(O)cc(C(=O)O)c6)n5)c(S(=O)(=O)O)cc4SOOO)ccc31)C(=O)c1ccccc1-2. The van der Waals surface area contributed by atoms with Crippen LogP contribution >= 0.6 is 36.1 Å². The maximum atomic E-state index is 15.2. The number of fused-ring (bicyclic) bond motifs is 4. The summed E-state index contributed by atoms with van der Waals surface area (Å²) in [5.41, 5.74) is -7.44. The van der Waals surface area contributed by atoms with Crippen molar-refractivity contribution in [1.29, 1.82) is 0 Å². The second-order valence-corrected chi connectivity index (χ2v) is 35.2. The van der Waals surface area contributed by atoms with E-state index in [1.54, 1.807) is 6.07 Å². The fraction of sp³-hybridized carbons (Fsp3) is 0.0482. The molecule has 2 aliphatic rings. The van der Waals surface area contributed by atoms with Gasteiger partial charge in [0, 0.05) is 82.3 Å². The van der Waals surface area contributed by atoms with Crippen molar-refractivity contribution in [1.82, 2.24) is 39.0 Å². The normalized spacial score (nSPS) is 12.1. The van der Waals surface area contributed by atoms with E-state index in [2.05, 4.69) is 81.3 Å². The van der Waals surface area contributed by atoms with E-state index in [9.17, 15) is 103 Å². The zero-order valence-electron chi connectivity index (χ0n) is 68.1. The summed E-state index contributed by atoms with van der Waals surface area (Å²) in [6, 6.07) is 34.4. The Kier molecular flexibility index (Phi) is 26.0. The molecule has 16 rings (SSSR count). The van der Waals surface area contributed by atoms with Crippen LogP contribution in [0, 0.1) is 0 Å². The molecule has 0 aliphatic heterocycles. The highest BCUT2D eigenvalue weighted by molar-refractivity contribution is 7.95. The number of benzene rings is 10. The number of carboxylic acids is 3. The predicted octanol–water partition coefficient (Wildman–Crippen LogP) is 12.6. The van der Waals surface area contributed by atoms with Crippen molar-refractivity contribution in [3.8, 4) is 51.5 Å². The number of nitrogens with zero attached hydrogens (tertiary/aromatic N) is 8. The summed E-state index contributed by atoms with van der Waals surface area (Å²) < 4.78 is 139. The van der Waals surface area contributed by atoms with E-state index < -0.39 is 207 Å². The zero-order chi connectivity index (χ0) is 96.8. The van der Waals surface area contributed by atoms with Crippen LogP contribution in [0.3, 0.4) is 0 Å². The average molecular weight is 1970 g/mol. The van der Waals surface area contributed by atoms with E-state index >= 15 is 9.59 Å². The van der Waals surface area contributed by atoms with Gasteiger partial charge in [-0.05, 0) is 114 Å². The Balaban J connectivity index is 0.766. The second-order valence-electron chi connectivity index (χ2n) is 28.7. The number of carbonyl (C=O) groups is 7. The Labute approximate surface area is 771 Å². The number of ketones is 4. The number of carboxylic acid groups (broad SMARTS) is 3. The molecule has 692 valence electrons. The highest BCUT2D eigenvalue weighted by Gasteiger charge is 2.39. The second kappa shape index (κ2) is 37.8. The lowest BCUT2D eigenvalue weighted by atomic mass is 9.80. The van der Waals surface area contributed by atoms with Crippen LogP contribution in [0.1, 0.15) is 94.8 Å². The van der Waals surface area contributed by atoms with Gasteiger partial charge in [0.1, 0.15) is 27.0 Å². The van der Waals surface area contributed by atoms with E-state index in [-0.39, 0.29) is 134 Å². The lowest BCUT2D eigenvalue weighted by Crippen LogP contribution is -2.29. The van der Waals surface area contributed by atoms with E-state index in [0.29, 0.717) is 12.0 Å². The highest BCUT2D eigenvalue weighted by atomic mass is 32.2. The lowest BCUT2D eigenvalue weighted by Gasteiger charge is -2.26. The van der Waals surface area contributed by atoms with Crippen molar-refractivity contribution in [3.63, 3.8) is 0 Å². The van der Waals surface area contributed by atoms with Gasteiger partial charge in [0.15, 0.2) is 23.1 Å². The number of carbonyl (C=O) groups excluding carboxylic acids is 4. The summed E-state index contributed by atoms with van der Waals surface area (Å²) in [7, 11) is -13.2. The first-order valence-corrected chi connectivity index (χ1v) is 44.7. The molecule has 4 heterocycles. The van der Waals surface area contributed by atoms with Crippen LogP contribution in [0.25, 0.3) is 44.1 Å². The van der Waals surface area contributed by atoms with Crippen LogP contribution in [0.5, 0.6) is 29.3 Å². The maximum absolute atomic E-state index is 15.2. The molecule has 47 nitrogen and oxygen atoms in total. The van der Waals surface area contributed by atoms with Gasteiger partial charge in [-0.15, -0.1) is 13.0 Å². The van der Waals surface area contributed by atoms with Crippen LogP contribution in [0.2, 0.25) is 0 Å². The molecular formula is C83H56N14O33S6. The molecule has 0 spiro atoms. The summed E-state index contributed by atoms with van der Waals surface area (Å²) in [5.74, 6) is -12.1. The lowest BCUT2D eigenvalue weighted by molar-refractivity contribution is -0.432. The molecule has 0 saturated carbocycles. The highest BCUT2D eigenvalue weighted by Crippen LogP contribution is 2.50. The number of hydrogen-bond acceptors (Lipinski definition) is 42. The Morgan fingerprint density at radius 2 is 0.794 bits per heavy atom. The standard InChI is InChI=1S/C83H56N14O33S6/c1-96-55-19-17-49(63-65(55)61(45-13-3-5-15-47(45)71(63)101)67(73(96)103)69(99)35-9-7-11-43(28-35)131-128-125-111)86-51-31-54(60(136(120,121)122)33-57(51)132-129-126-112)89-81-91-79(93-83(95-81)124-42-27-39(77(109)110)24-40(98)30-42)85-22-21-84-78-90-80(94-82(92-78)123-41-25-37(75(105)106)23-38(26-41)76(107)108)88-52-32-53(59(135(117,118)119)34-58(52)133-130-127-113)87-50-18-20-56-66-62(46-14-4-6-16-48(46)72(102)64(50)66)68(74(104)97(56)2)70(100)36-10-8-12-44(29-36)134(114,115)116/h3-20,23-34,86-87,98,111-113H,21-22H2,1-2H3,(H,105,106)(H,107,108)(H,109,110)(H,114,115,116)(H,117,118,119)(H,120,121,122)(H2,84,88,90,92,94)(H2,85,89,91,93,95). The number of hydrogen-bond donors (Lipinski definition) is 16. The number of aromatic hydroxyl groups is 1. The predicted molar refractivity (Wildman–Crippen MR) is 475 cm³/mol. The first-order chi connectivity index (χ1) is 64.9. The van der Waals surface area contributed by atoms with E-state index in [4.69, 9.17) is 23.4 Å². The third kappa shape index (κ3) is 18.9. The number of rotatable bonds is 36. The van der Waals surface area contributed by atoms with Crippen LogP contribution in [0.15, 0.2) is 221 Å². The Morgan fingerprint density at radius 3 is 1.25 bits per heavy atom. The Hall–Kier alpha value is -15.7. The molecule has 4 aromatic heterocycles. The van der Waals surface area contributed by atoms with Gasteiger partial charge in [-0.25, -0.2) is 30.2 Å². The smallest absolute Gasteiger partial charge is 0.335 e. The molecule has 136 heavy (non-hydrogen) atoms. The van der Waals surface area contributed by atoms with Crippen molar-refractivity contribution in [2.24, 2.45) is 14.1 Å². The molecule has 53 heteroatoms. The summed E-state index contributed by atoms with van der Waals surface area (Å²) in [4.78, 5) is 149. The van der Waals surface area contributed by atoms with Crippen molar-refractivity contribution in [2.75, 3.05) is 45.0 Å².